The Morgan fingerprint density at radius 3 is 2.95 bits per heavy atom. The van der Waals surface area contributed by atoms with Gasteiger partial charge in [-0.3, -0.25) is 9.78 Å². The average molecular weight is 321 g/mol. The number of amides is 1. The van der Waals surface area contributed by atoms with Crippen LogP contribution >= 0.6 is 15.9 Å². The highest BCUT2D eigenvalue weighted by Crippen LogP contribution is 2.21. The molecule has 5 nitrogen and oxygen atoms in total. The first-order valence-corrected chi connectivity index (χ1v) is 6.56. The van der Waals surface area contributed by atoms with Gasteiger partial charge in [-0.1, -0.05) is 6.92 Å². The van der Waals surface area contributed by atoms with E-state index in [2.05, 4.69) is 31.2 Å². The zero-order valence-corrected chi connectivity index (χ0v) is 11.9. The number of hydrogen-bond donors (Lipinski definition) is 2. The fraction of sp³-hybridized carbons (Fsp3) is 0.154. The standard InChI is InChI=1S/C13H13BrN4O/c1-2-9-5-8(6-12(15)17-9)13(19)18-11-3-4-16-7-10(11)14/h3-7H,2H2,1H3,(H2,15,17)(H,16,18,19). The van der Waals surface area contributed by atoms with Crippen LogP contribution in [0.1, 0.15) is 23.0 Å². The van der Waals surface area contributed by atoms with Crippen molar-refractivity contribution >= 4 is 33.3 Å². The number of aromatic nitrogens is 2. The van der Waals surface area contributed by atoms with Gasteiger partial charge in [0.2, 0.25) is 0 Å². The lowest BCUT2D eigenvalue weighted by Gasteiger charge is -2.08. The van der Waals surface area contributed by atoms with E-state index >= 15 is 0 Å². The van der Waals surface area contributed by atoms with E-state index in [4.69, 9.17) is 5.73 Å². The summed E-state index contributed by atoms with van der Waals surface area (Å²) < 4.78 is 0.723. The second kappa shape index (κ2) is 5.79. The molecule has 0 aliphatic heterocycles. The lowest BCUT2D eigenvalue weighted by molar-refractivity contribution is 0.102. The number of nitrogens with zero attached hydrogens (tertiary/aromatic N) is 2. The van der Waals surface area contributed by atoms with Crippen molar-refractivity contribution in [3.05, 3.63) is 46.3 Å². The highest BCUT2D eigenvalue weighted by molar-refractivity contribution is 9.10. The van der Waals surface area contributed by atoms with Gasteiger partial charge < -0.3 is 11.1 Å². The molecule has 3 N–H and O–H groups in total. The molecule has 0 aliphatic rings. The molecule has 0 unspecified atom stereocenters. The Morgan fingerprint density at radius 2 is 2.26 bits per heavy atom. The van der Waals surface area contributed by atoms with Crippen LogP contribution < -0.4 is 11.1 Å². The SMILES string of the molecule is CCc1cc(C(=O)Nc2ccncc2Br)cc(N)n1. The molecule has 1 amide bonds. The lowest BCUT2D eigenvalue weighted by Crippen LogP contribution is -2.13. The summed E-state index contributed by atoms with van der Waals surface area (Å²) >= 11 is 3.33. The minimum absolute atomic E-state index is 0.226. The van der Waals surface area contributed by atoms with Crippen LogP contribution in [0.15, 0.2) is 35.1 Å². The smallest absolute Gasteiger partial charge is 0.255 e. The molecule has 0 radical (unpaired) electrons. The van der Waals surface area contributed by atoms with E-state index in [-0.39, 0.29) is 5.91 Å². The number of anilines is 2. The van der Waals surface area contributed by atoms with Gasteiger partial charge in [0, 0.05) is 23.7 Å². The summed E-state index contributed by atoms with van der Waals surface area (Å²) in [5.74, 6) is 0.119. The van der Waals surface area contributed by atoms with E-state index in [9.17, 15) is 4.79 Å². The monoisotopic (exact) mass is 320 g/mol. The number of halogens is 1. The Balaban J connectivity index is 2.25. The molecule has 98 valence electrons. The van der Waals surface area contributed by atoms with Gasteiger partial charge in [0.05, 0.1) is 10.2 Å². The van der Waals surface area contributed by atoms with Crippen LogP contribution in [-0.4, -0.2) is 15.9 Å². The van der Waals surface area contributed by atoms with E-state index in [1.54, 1.807) is 30.6 Å². The normalized spacial score (nSPS) is 10.2. The maximum atomic E-state index is 12.2. The molecule has 2 rings (SSSR count). The van der Waals surface area contributed by atoms with Crippen molar-refractivity contribution in [2.75, 3.05) is 11.1 Å². The first-order chi connectivity index (χ1) is 9.10. The molecule has 2 heterocycles. The second-order valence-electron chi connectivity index (χ2n) is 3.94. The summed E-state index contributed by atoms with van der Waals surface area (Å²) in [4.78, 5) is 20.2. The third-order valence-electron chi connectivity index (χ3n) is 2.54. The molecule has 19 heavy (non-hydrogen) atoms. The fourth-order valence-electron chi connectivity index (χ4n) is 1.59. The van der Waals surface area contributed by atoms with E-state index in [0.717, 1.165) is 16.6 Å². The number of pyridine rings is 2. The molecular formula is C13H13BrN4O. The van der Waals surface area contributed by atoms with Crippen LogP contribution in [0.2, 0.25) is 0 Å². The number of nitrogens with one attached hydrogen (secondary N) is 1. The predicted molar refractivity (Wildman–Crippen MR) is 77.9 cm³/mol. The summed E-state index contributed by atoms with van der Waals surface area (Å²) in [6, 6.07) is 5.01. The van der Waals surface area contributed by atoms with Crippen molar-refractivity contribution < 1.29 is 4.79 Å². The van der Waals surface area contributed by atoms with Gasteiger partial charge >= 0.3 is 0 Å². The molecule has 0 spiro atoms. The van der Waals surface area contributed by atoms with Crippen LogP contribution in [0.5, 0.6) is 0 Å². The van der Waals surface area contributed by atoms with E-state index in [1.165, 1.54) is 0 Å². The third-order valence-corrected chi connectivity index (χ3v) is 3.18. The van der Waals surface area contributed by atoms with Crippen LogP contribution in [0.4, 0.5) is 11.5 Å². The van der Waals surface area contributed by atoms with Crippen LogP contribution in [0.3, 0.4) is 0 Å². The lowest BCUT2D eigenvalue weighted by atomic mass is 10.2. The Hall–Kier alpha value is -1.95. The van der Waals surface area contributed by atoms with Gasteiger partial charge in [0.15, 0.2) is 0 Å². The van der Waals surface area contributed by atoms with Crippen molar-refractivity contribution in [3.63, 3.8) is 0 Å². The highest BCUT2D eigenvalue weighted by atomic mass is 79.9. The van der Waals surface area contributed by atoms with Crippen LogP contribution in [0, 0.1) is 0 Å². The number of carbonyl (C=O) groups excluding carboxylic acids is 1. The van der Waals surface area contributed by atoms with Gasteiger partial charge in [-0.2, -0.15) is 0 Å². The Morgan fingerprint density at radius 1 is 1.47 bits per heavy atom. The number of aryl methyl sites for hydroxylation is 1. The number of nitrogens with two attached hydrogens (primary N) is 1. The quantitative estimate of drug-likeness (QED) is 0.910. The number of hydrogen-bond acceptors (Lipinski definition) is 4. The molecule has 0 aromatic carbocycles. The largest absolute Gasteiger partial charge is 0.384 e. The molecule has 0 aliphatic carbocycles. The fourth-order valence-corrected chi connectivity index (χ4v) is 1.94. The average Bonchev–Trinajstić information content (AvgIpc) is 2.40. The van der Waals surface area contributed by atoms with Crippen molar-refractivity contribution in [1.29, 1.82) is 0 Å². The molecule has 0 fully saturated rings. The molecule has 6 heteroatoms. The van der Waals surface area contributed by atoms with Gasteiger partial charge in [-0.15, -0.1) is 0 Å². The zero-order valence-electron chi connectivity index (χ0n) is 10.4. The van der Waals surface area contributed by atoms with E-state index in [0.29, 0.717) is 17.1 Å². The summed E-state index contributed by atoms with van der Waals surface area (Å²) in [6.45, 7) is 1.96. The summed E-state index contributed by atoms with van der Waals surface area (Å²) in [7, 11) is 0. The van der Waals surface area contributed by atoms with Gasteiger partial charge in [-0.05, 0) is 40.5 Å². The first kappa shape index (κ1) is 13.5. The van der Waals surface area contributed by atoms with E-state index in [1.807, 2.05) is 6.92 Å². The van der Waals surface area contributed by atoms with Crippen molar-refractivity contribution in [2.45, 2.75) is 13.3 Å². The molecule has 0 saturated heterocycles. The highest BCUT2D eigenvalue weighted by Gasteiger charge is 2.10. The molecule has 0 saturated carbocycles. The van der Waals surface area contributed by atoms with Gasteiger partial charge in [0.25, 0.3) is 5.91 Å². The summed E-state index contributed by atoms with van der Waals surface area (Å²) in [5.41, 5.74) is 7.63. The summed E-state index contributed by atoms with van der Waals surface area (Å²) in [5, 5.41) is 2.80. The molecule has 0 bridgehead atoms. The van der Waals surface area contributed by atoms with Crippen LogP contribution in [0.25, 0.3) is 0 Å². The maximum absolute atomic E-state index is 12.2. The Bertz CT molecular complexity index is 615. The number of rotatable bonds is 3. The minimum Gasteiger partial charge on any atom is -0.384 e. The predicted octanol–water partition coefficient (Wildman–Crippen LogP) is 2.64. The van der Waals surface area contributed by atoms with Crippen molar-refractivity contribution in [3.8, 4) is 0 Å². The van der Waals surface area contributed by atoms with Crippen molar-refractivity contribution in [2.24, 2.45) is 0 Å². The second-order valence-corrected chi connectivity index (χ2v) is 4.79. The van der Waals surface area contributed by atoms with Gasteiger partial charge in [0.1, 0.15) is 5.82 Å². The van der Waals surface area contributed by atoms with E-state index < -0.39 is 0 Å². The third kappa shape index (κ3) is 3.29. The summed E-state index contributed by atoms with van der Waals surface area (Å²) in [6.07, 6.45) is 3.96. The molecular weight excluding hydrogens is 308 g/mol. The molecule has 0 atom stereocenters. The first-order valence-electron chi connectivity index (χ1n) is 5.77. The topological polar surface area (TPSA) is 80.9 Å². The zero-order chi connectivity index (χ0) is 13.8. The molecule has 2 aromatic heterocycles. The Kier molecular flexibility index (Phi) is 4.11. The minimum atomic E-state index is -0.226. The van der Waals surface area contributed by atoms with Gasteiger partial charge in [-0.25, -0.2) is 4.98 Å². The number of nitrogen functional groups attached to an aromatic ring is 1. The Labute approximate surface area is 119 Å². The molecule has 2 aromatic rings. The number of carbonyl (C=O) groups is 1. The van der Waals surface area contributed by atoms with Crippen molar-refractivity contribution in [1.82, 2.24) is 9.97 Å². The van der Waals surface area contributed by atoms with Crippen LogP contribution in [-0.2, 0) is 6.42 Å². The maximum Gasteiger partial charge on any atom is 0.255 e.